The van der Waals surface area contributed by atoms with Crippen molar-refractivity contribution in [2.75, 3.05) is 11.5 Å². The van der Waals surface area contributed by atoms with E-state index in [4.69, 9.17) is 4.42 Å². The Morgan fingerprint density at radius 1 is 1.09 bits per heavy atom. The molecule has 0 amide bonds. The number of aromatic nitrogens is 3. The summed E-state index contributed by atoms with van der Waals surface area (Å²) in [5.74, 6) is 3.04. The van der Waals surface area contributed by atoms with Crippen molar-refractivity contribution in [2.45, 2.75) is 10.1 Å². The van der Waals surface area contributed by atoms with Gasteiger partial charge in [-0.15, -0.1) is 22.0 Å². The zero-order valence-corrected chi connectivity index (χ0v) is 13.5. The van der Waals surface area contributed by atoms with Crippen LogP contribution in [0.3, 0.4) is 0 Å². The summed E-state index contributed by atoms with van der Waals surface area (Å²) in [6.07, 6.45) is 1.62. The minimum Gasteiger partial charge on any atom is -0.461 e. The summed E-state index contributed by atoms with van der Waals surface area (Å²) >= 11 is 3.34. The Bertz CT molecular complexity index is 726. The maximum atomic E-state index is 12.8. The van der Waals surface area contributed by atoms with Crippen LogP contribution in [-0.4, -0.2) is 26.3 Å². The summed E-state index contributed by atoms with van der Waals surface area (Å²) < 4.78 is 20.1. The standard InChI is InChI=1S/C15H14FN3OS2/c1-19-14(13-3-2-8-20-13)17-18-15(19)22-10-9-21-12-6-4-11(16)5-7-12/h2-8H,9-10H2,1H3. The molecule has 1 aromatic carbocycles. The topological polar surface area (TPSA) is 43.9 Å². The van der Waals surface area contributed by atoms with Crippen molar-refractivity contribution in [1.29, 1.82) is 0 Å². The Morgan fingerprint density at radius 3 is 2.59 bits per heavy atom. The van der Waals surface area contributed by atoms with Crippen molar-refractivity contribution in [1.82, 2.24) is 14.8 Å². The highest BCUT2D eigenvalue weighted by atomic mass is 32.2. The van der Waals surface area contributed by atoms with E-state index < -0.39 is 0 Å². The normalized spacial score (nSPS) is 11.0. The Labute approximate surface area is 136 Å². The van der Waals surface area contributed by atoms with E-state index in [1.54, 1.807) is 41.9 Å². The lowest BCUT2D eigenvalue weighted by atomic mass is 10.4. The van der Waals surface area contributed by atoms with Gasteiger partial charge in [0.05, 0.1) is 6.26 Å². The molecule has 7 heteroatoms. The van der Waals surface area contributed by atoms with Crippen molar-refractivity contribution >= 4 is 23.5 Å². The molecule has 4 nitrogen and oxygen atoms in total. The Kier molecular flexibility index (Phi) is 4.84. The van der Waals surface area contributed by atoms with E-state index in [0.717, 1.165) is 27.4 Å². The highest BCUT2D eigenvalue weighted by Crippen LogP contribution is 2.25. The number of halogens is 1. The highest BCUT2D eigenvalue weighted by molar-refractivity contribution is 8.02. The summed E-state index contributed by atoms with van der Waals surface area (Å²) in [6.45, 7) is 0. The monoisotopic (exact) mass is 335 g/mol. The molecule has 0 aliphatic heterocycles. The highest BCUT2D eigenvalue weighted by Gasteiger charge is 2.12. The molecular formula is C15H14FN3OS2. The van der Waals surface area contributed by atoms with Crippen molar-refractivity contribution in [2.24, 2.45) is 7.05 Å². The minimum absolute atomic E-state index is 0.205. The SMILES string of the molecule is Cn1c(SCCSc2ccc(F)cc2)nnc1-c1ccco1. The summed E-state index contributed by atoms with van der Waals surface area (Å²) in [4.78, 5) is 1.07. The molecule has 0 atom stereocenters. The largest absolute Gasteiger partial charge is 0.461 e. The molecule has 0 aliphatic carbocycles. The fourth-order valence-corrected chi connectivity index (χ4v) is 3.68. The van der Waals surface area contributed by atoms with E-state index in [1.807, 2.05) is 23.7 Å². The van der Waals surface area contributed by atoms with Crippen molar-refractivity contribution in [3.05, 3.63) is 48.5 Å². The quantitative estimate of drug-likeness (QED) is 0.501. The van der Waals surface area contributed by atoms with Crippen LogP contribution in [0.4, 0.5) is 4.39 Å². The van der Waals surface area contributed by atoms with E-state index in [9.17, 15) is 4.39 Å². The number of benzene rings is 1. The zero-order chi connectivity index (χ0) is 15.4. The third-order valence-electron chi connectivity index (χ3n) is 2.97. The molecule has 0 bridgehead atoms. The molecule has 2 aromatic heterocycles. The van der Waals surface area contributed by atoms with Gasteiger partial charge in [-0.25, -0.2) is 4.39 Å². The van der Waals surface area contributed by atoms with Gasteiger partial charge in [0.2, 0.25) is 0 Å². The number of thioether (sulfide) groups is 2. The molecule has 2 heterocycles. The van der Waals surface area contributed by atoms with E-state index in [-0.39, 0.29) is 5.82 Å². The van der Waals surface area contributed by atoms with Gasteiger partial charge in [0.1, 0.15) is 5.82 Å². The number of nitrogens with zero attached hydrogens (tertiary/aromatic N) is 3. The predicted octanol–water partition coefficient (Wildman–Crippen LogP) is 4.10. The molecule has 3 rings (SSSR count). The second-order valence-electron chi connectivity index (χ2n) is 4.49. The second kappa shape index (κ2) is 7.02. The molecule has 0 unspecified atom stereocenters. The first-order valence-corrected chi connectivity index (χ1v) is 8.65. The van der Waals surface area contributed by atoms with E-state index in [0.29, 0.717) is 5.76 Å². The molecule has 0 N–H and O–H groups in total. The van der Waals surface area contributed by atoms with Crippen LogP contribution in [0.15, 0.2) is 57.1 Å². The minimum atomic E-state index is -0.205. The zero-order valence-electron chi connectivity index (χ0n) is 11.9. The maximum absolute atomic E-state index is 12.8. The van der Waals surface area contributed by atoms with Gasteiger partial charge < -0.3 is 8.98 Å². The fraction of sp³-hybridized carbons (Fsp3) is 0.200. The van der Waals surface area contributed by atoms with Crippen LogP contribution < -0.4 is 0 Å². The molecule has 0 saturated carbocycles. The van der Waals surface area contributed by atoms with Gasteiger partial charge in [0.15, 0.2) is 16.7 Å². The Hall–Kier alpha value is -1.73. The third kappa shape index (κ3) is 3.53. The molecule has 22 heavy (non-hydrogen) atoms. The summed E-state index contributed by atoms with van der Waals surface area (Å²) in [5, 5.41) is 9.19. The Balaban J connectivity index is 1.53. The van der Waals surface area contributed by atoms with Crippen LogP contribution in [0.1, 0.15) is 0 Å². The first kappa shape index (κ1) is 15.2. The van der Waals surface area contributed by atoms with Gasteiger partial charge in [-0.2, -0.15) is 0 Å². The molecule has 0 spiro atoms. The van der Waals surface area contributed by atoms with Gasteiger partial charge in [0, 0.05) is 23.4 Å². The van der Waals surface area contributed by atoms with Gasteiger partial charge in [0.25, 0.3) is 0 Å². The summed E-state index contributed by atoms with van der Waals surface area (Å²) in [7, 11) is 1.92. The molecule has 0 saturated heterocycles. The van der Waals surface area contributed by atoms with Gasteiger partial charge >= 0.3 is 0 Å². The van der Waals surface area contributed by atoms with E-state index >= 15 is 0 Å². The van der Waals surface area contributed by atoms with Crippen LogP contribution in [0, 0.1) is 5.82 Å². The van der Waals surface area contributed by atoms with Gasteiger partial charge in [-0.05, 0) is 36.4 Å². The van der Waals surface area contributed by atoms with Crippen LogP contribution >= 0.6 is 23.5 Å². The smallest absolute Gasteiger partial charge is 0.200 e. The average molecular weight is 335 g/mol. The van der Waals surface area contributed by atoms with E-state index in [1.165, 1.54) is 12.1 Å². The molecule has 0 radical (unpaired) electrons. The van der Waals surface area contributed by atoms with E-state index in [2.05, 4.69) is 10.2 Å². The average Bonchev–Trinajstić information content (AvgIpc) is 3.16. The first-order chi connectivity index (χ1) is 10.7. The molecule has 3 aromatic rings. The van der Waals surface area contributed by atoms with Crippen molar-refractivity contribution in [3.63, 3.8) is 0 Å². The number of hydrogen-bond acceptors (Lipinski definition) is 5. The molecule has 114 valence electrons. The van der Waals surface area contributed by atoms with Gasteiger partial charge in [-0.1, -0.05) is 11.8 Å². The molecule has 0 aliphatic rings. The van der Waals surface area contributed by atoms with Crippen molar-refractivity contribution < 1.29 is 8.81 Å². The lowest BCUT2D eigenvalue weighted by Gasteiger charge is -2.03. The lowest BCUT2D eigenvalue weighted by molar-refractivity contribution is 0.572. The van der Waals surface area contributed by atoms with Gasteiger partial charge in [-0.3, -0.25) is 0 Å². The molecule has 0 fully saturated rings. The summed E-state index contributed by atoms with van der Waals surface area (Å²) in [5.41, 5.74) is 0. The van der Waals surface area contributed by atoms with Crippen LogP contribution in [-0.2, 0) is 7.05 Å². The van der Waals surface area contributed by atoms with Crippen molar-refractivity contribution in [3.8, 4) is 11.6 Å². The maximum Gasteiger partial charge on any atom is 0.200 e. The second-order valence-corrected chi connectivity index (χ2v) is 6.72. The first-order valence-electron chi connectivity index (χ1n) is 6.68. The lowest BCUT2D eigenvalue weighted by Crippen LogP contribution is -1.95. The number of rotatable bonds is 6. The van der Waals surface area contributed by atoms with Crippen LogP contribution in [0.5, 0.6) is 0 Å². The fourth-order valence-electron chi connectivity index (χ4n) is 1.88. The molecular weight excluding hydrogens is 321 g/mol. The number of hydrogen-bond donors (Lipinski definition) is 0. The third-order valence-corrected chi connectivity index (χ3v) is 5.27. The predicted molar refractivity (Wildman–Crippen MR) is 86.6 cm³/mol. The van der Waals surface area contributed by atoms with Crippen LogP contribution in [0.25, 0.3) is 11.6 Å². The summed E-state index contributed by atoms with van der Waals surface area (Å²) in [6, 6.07) is 10.2. The number of furan rings is 1. The Morgan fingerprint density at radius 2 is 1.86 bits per heavy atom. The van der Waals surface area contributed by atoms with Crippen LogP contribution in [0.2, 0.25) is 0 Å².